The molecular formula is C38H56N2O9. The lowest BCUT2D eigenvalue weighted by Crippen LogP contribution is -2.57. The van der Waals surface area contributed by atoms with Gasteiger partial charge in [-0.25, -0.2) is 4.79 Å². The lowest BCUT2D eigenvalue weighted by molar-refractivity contribution is -0.155. The summed E-state index contributed by atoms with van der Waals surface area (Å²) in [6.07, 6.45) is 13.4. The molecule has 0 bridgehead atoms. The number of primary amides is 1. The van der Waals surface area contributed by atoms with Crippen molar-refractivity contribution in [2.75, 3.05) is 20.3 Å². The number of rotatable bonds is 26. The number of carbonyl (C=O) groups is 5. The maximum Gasteiger partial charge on any atom is 0.328 e. The number of allylic oxidation sites excluding steroid dienone is 1. The van der Waals surface area contributed by atoms with Crippen molar-refractivity contribution in [2.45, 2.75) is 122 Å². The molecule has 0 aromatic heterocycles. The molecule has 3 atom stereocenters. The summed E-state index contributed by atoms with van der Waals surface area (Å²) in [5.41, 5.74) is 3.87. The molecule has 0 aliphatic rings. The van der Waals surface area contributed by atoms with Crippen LogP contribution in [0.2, 0.25) is 0 Å². The van der Waals surface area contributed by atoms with Gasteiger partial charge in [-0.05, 0) is 50.3 Å². The zero-order chi connectivity index (χ0) is 36.5. The molecule has 0 spiro atoms. The van der Waals surface area contributed by atoms with E-state index in [1.165, 1.54) is 39.4 Å². The van der Waals surface area contributed by atoms with Crippen LogP contribution in [0.4, 0.5) is 0 Å². The molecule has 0 unspecified atom stereocenters. The van der Waals surface area contributed by atoms with Crippen molar-refractivity contribution < 1.29 is 43.3 Å². The molecule has 0 aliphatic carbocycles. The van der Waals surface area contributed by atoms with Gasteiger partial charge in [-0.2, -0.15) is 0 Å². The molecular weight excluding hydrogens is 628 g/mol. The summed E-state index contributed by atoms with van der Waals surface area (Å²) in [5.74, 6) is 1.56. The Morgan fingerprint density at radius 2 is 1.61 bits per heavy atom. The molecule has 0 aliphatic heterocycles. The summed E-state index contributed by atoms with van der Waals surface area (Å²) < 4.78 is 15.4. The highest BCUT2D eigenvalue weighted by Crippen LogP contribution is 2.25. The summed E-state index contributed by atoms with van der Waals surface area (Å²) in [4.78, 5) is 62.5. The Kier molecular flexibility index (Phi) is 21.8. The molecule has 0 radical (unpaired) electrons. The van der Waals surface area contributed by atoms with Crippen molar-refractivity contribution >= 4 is 29.5 Å². The highest BCUT2D eigenvalue weighted by molar-refractivity contribution is 5.94. The topological polar surface area (TPSA) is 171 Å². The number of nitrogens with one attached hydrogen (secondary N) is 1. The van der Waals surface area contributed by atoms with Crippen LogP contribution in [0.15, 0.2) is 36.4 Å². The fourth-order valence-electron chi connectivity index (χ4n) is 5.21. The molecule has 272 valence electrons. The average molecular weight is 685 g/mol. The fraction of sp³-hybridized carbons (Fsp3) is 0.605. The van der Waals surface area contributed by atoms with Crippen molar-refractivity contribution in [3.63, 3.8) is 0 Å². The fourth-order valence-corrected chi connectivity index (χ4v) is 5.21. The van der Waals surface area contributed by atoms with E-state index in [0.29, 0.717) is 36.4 Å². The Labute approximate surface area is 291 Å². The van der Waals surface area contributed by atoms with Crippen molar-refractivity contribution in [3.05, 3.63) is 42.0 Å². The highest BCUT2D eigenvalue weighted by Gasteiger charge is 2.46. The molecule has 11 heteroatoms. The SMILES string of the molecule is CC#CCOc1ccc(C[C@H](NC(=O)[C@@H](/C=C/CCCCCCC(=O)CCCCCCC)[C@@](O)(CCOC(C)=O)C(N)=O)C(=O)OC)cc1. The van der Waals surface area contributed by atoms with Gasteiger partial charge in [0, 0.05) is 32.6 Å². The second-order valence-corrected chi connectivity index (χ2v) is 12.1. The Morgan fingerprint density at radius 1 is 0.980 bits per heavy atom. The molecule has 0 saturated carbocycles. The van der Waals surface area contributed by atoms with Gasteiger partial charge in [0.15, 0.2) is 5.60 Å². The molecule has 0 heterocycles. The Hall–Kier alpha value is -4.17. The van der Waals surface area contributed by atoms with Gasteiger partial charge in [0.2, 0.25) is 5.91 Å². The predicted molar refractivity (Wildman–Crippen MR) is 187 cm³/mol. The van der Waals surface area contributed by atoms with Crippen molar-refractivity contribution in [1.29, 1.82) is 0 Å². The first kappa shape index (κ1) is 42.9. The summed E-state index contributed by atoms with van der Waals surface area (Å²) in [6, 6.07) is 5.73. The van der Waals surface area contributed by atoms with E-state index in [2.05, 4.69) is 24.1 Å². The third-order valence-corrected chi connectivity index (χ3v) is 8.13. The second-order valence-electron chi connectivity index (χ2n) is 12.1. The van der Waals surface area contributed by atoms with E-state index in [1.54, 1.807) is 37.3 Å². The van der Waals surface area contributed by atoms with E-state index in [9.17, 15) is 29.1 Å². The van der Waals surface area contributed by atoms with Crippen LogP contribution >= 0.6 is 0 Å². The normalized spacial score (nSPS) is 13.3. The monoisotopic (exact) mass is 684 g/mol. The average Bonchev–Trinajstić information content (AvgIpc) is 3.07. The van der Waals surface area contributed by atoms with Crippen molar-refractivity contribution in [3.8, 4) is 17.6 Å². The summed E-state index contributed by atoms with van der Waals surface area (Å²) in [5, 5.41) is 14.0. The van der Waals surface area contributed by atoms with Gasteiger partial charge in [0.05, 0.1) is 19.6 Å². The minimum absolute atomic E-state index is 0.0493. The number of carbonyl (C=O) groups excluding carboxylic acids is 5. The molecule has 1 aromatic rings. The maximum absolute atomic E-state index is 13.7. The van der Waals surface area contributed by atoms with E-state index in [4.69, 9.17) is 19.9 Å². The number of ketones is 1. The van der Waals surface area contributed by atoms with Crippen LogP contribution in [0.3, 0.4) is 0 Å². The van der Waals surface area contributed by atoms with E-state index < -0.39 is 47.7 Å². The third kappa shape index (κ3) is 17.7. The van der Waals surface area contributed by atoms with Crippen LogP contribution < -0.4 is 15.8 Å². The zero-order valence-corrected chi connectivity index (χ0v) is 29.7. The smallest absolute Gasteiger partial charge is 0.328 e. The first-order chi connectivity index (χ1) is 23.5. The number of Topliss-reactive ketones (excluding diaryl/α,β-unsaturated/α-hetero) is 1. The number of aliphatic hydroxyl groups is 1. The van der Waals surface area contributed by atoms with E-state index in [1.807, 2.05) is 0 Å². The lowest BCUT2D eigenvalue weighted by atomic mass is 9.82. The molecule has 1 aromatic carbocycles. The second kappa shape index (κ2) is 24.9. The van der Waals surface area contributed by atoms with Gasteiger partial charge in [-0.15, -0.1) is 5.92 Å². The molecule has 1 rings (SSSR count). The third-order valence-electron chi connectivity index (χ3n) is 8.13. The number of hydrogen-bond acceptors (Lipinski definition) is 9. The Balaban J connectivity index is 2.95. The van der Waals surface area contributed by atoms with Gasteiger partial charge in [0.1, 0.15) is 24.2 Å². The number of nitrogens with two attached hydrogens (primary N) is 1. The largest absolute Gasteiger partial charge is 0.481 e. The molecule has 0 fully saturated rings. The standard InChI is InChI=1S/C38H56N2O9/c1-5-7-9-12-15-18-31(42)19-16-13-10-11-14-17-20-33(38(46,37(39)45)25-27-48-29(3)41)35(43)40-34(36(44)47-4)28-30-21-23-32(24-22-30)49-26-8-6-2/h17,20-24,33-34,46H,5,7,9-16,18-19,25-28H2,1-4H3,(H2,39,45)(H,40,43)/b20-17+/t33-,34+,38+/m1/s1. The molecule has 4 N–H and O–H groups in total. The number of hydrogen-bond donors (Lipinski definition) is 3. The number of amides is 2. The van der Waals surface area contributed by atoms with Crippen LogP contribution in [0, 0.1) is 17.8 Å². The van der Waals surface area contributed by atoms with Crippen LogP contribution in [0.5, 0.6) is 5.75 Å². The number of methoxy groups -OCH3 is 1. The number of esters is 2. The minimum atomic E-state index is -2.42. The molecule has 2 amide bonds. The number of ether oxygens (including phenoxy) is 3. The quantitative estimate of drug-likeness (QED) is 0.0531. The lowest BCUT2D eigenvalue weighted by Gasteiger charge is -2.31. The van der Waals surface area contributed by atoms with Gasteiger partial charge < -0.3 is 30.4 Å². The van der Waals surface area contributed by atoms with Gasteiger partial charge in [0.25, 0.3) is 5.91 Å². The number of benzene rings is 1. The van der Waals surface area contributed by atoms with Gasteiger partial charge in [-0.1, -0.05) is 75.7 Å². The van der Waals surface area contributed by atoms with Crippen LogP contribution in [0.25, 0.3) is 0 Å². The predicted octanol–water partition coefficient (Wildman–Crippen LogP) is 4.90. The van der Waals surface area contributed by atoms with Crippen molar-refractivity contribution in [2.24, 2.45) is 11.7 Å². The summed E-state index contributed by atoms with van der Waals surface area (Å²) >= 11 is 0. The molecule has 49 heavy (non-hydrogen) atoms. The Bertz CT molecular complexity index is 1270. The maximum atomic E-state index is 13.7. The van der Waals surface area contributed by atoms with Crippen LogP contribution in [-0.2, 0) is 39.9 Å². The van der Waals surface area contributed by atoms with E-state index in [0.717, 1.165) is 38.5 Å². The van der Waals surface area contributed by atoms with Crippen LogP contribution in [0.1, 0.15) is 110 Å². The first-order valence-corrected chi connectivity index (χ1v) is 17.3. The minimum Gasteiger partial charge on any atom is -0.481 e. The Morgan fingerprint density at radius 3 is 2.18 bits per heavy atom. The summed E-state index contributed by atoms with van der Waals surface area (Å²) in [6.45, 7) is 4.92. The zero-order valence-electron chi connectivity index (χ0n) is 29.7. The van der Waals surface area contributed by atoms with E-state index >= 15 is 0 Å². The van der Waals surface area contributed by atoms with E-state index in [-0.39, 0.29) is 19.6 Å². The molecule has 11 nitrogen and oxygen atoms in total. The number of unbranched alkanes of at least 4 members (excludes halogenated alkanes) is 8. The van der Waals surface area contributed by atoms with Gasteiger partial charge >= 0.3 is 11.9 Å². The van der Waals surface area contributed by atoms with Gasteiger partial charge in [-0.3, -0.25) is 19.2 Å². The first-order valence-electron chi connectivity index (χ1n) is 17.3. The summed E-state index contributed by atoms with van der Waals surface area (Å²) in [7, 11) is 1.19. The van der Waals surface area contributed by atoms with Crippen LogP contribution in [-0.4, -0.2) is 66.6 Å². The molecule has 0 saturated heterocycles. The van der Waals surface area contributed by atoms with Crippen molar-refractivity contribution in [1.82, 2.24) is 5.32 Å². The highest BCUT2D eigenvalue weighted by atomic mass is 16.5.